The van der Waals surface area contributed by atoms with Crippen molar-refractivity contribution >= 4 is 11.9 Å². The molecule has 1 fully saturated rings. The Balaban J connectivity index is 2.01. The van der Waals surface area contributed by atoms with E-state index in [1.807, 2.05) is 0 Å². The second kappa shape index (κ2) is 24.7. The van der Waals surface area contributed by atoms with Crippen molar-refractivity contribution in [2.45, 2.75) is 167 Å². The van der Waals surface area contributed by atoms with Crippen molar-refractivity contribution in [1.82, 2.24) is 4.90 Å². The van der Waals surface area contributed by atoms with Crippen LogP contribution in [-0.4, -0.2) is 50.7 Å². The van der Waals surface area contributed by atoms with Crippen LogP contribution in [0.4, 0.5) is 0 Å². The highest BCUT2D eigenvalue weighted by atomic mass is 16.5. The van der Waals surface area contributed by atoms with E-state index >= 15 is 0 Å². The standard InChI is InChI=1S/C34H65NO4/c1-5-6-7-11-18-24-32(39-34(37)27-21-28-35(2)3)25-19-14-9-8-12-16-22-30-29-31(30)23-17-13-10-15-20-26-33(36)38-4/h30-32H,5-29H2,1-4H3. The predicted octanol–water partition coefficient (Wildman–Crippen LogP) is 9.26. The molecule has 0 aromatic rings. The van der Waals surface area contributed by atoms with Crippen LogP contribution >= 0.6 is 0 Å². The first-order chi connectivity index (χ1) is 19.0. The summed E-state index contributed by atoms with van der Waals surface area (Å²) in [4.78, 5) is 25.6. The first-order valence-electron chi connectivity index (χ1n) is 16.9. The van der Waals surface area contributed by atoms with Crippen molar-refractivity contribution in [3.63, 3.8) is 0 Å². The molecule has 230 valence electrons. The molecule has 39 heavy (non-hydrogen) atoms. The Bertz CT molecular complexity index is 594. The van der Waals surface area contributed by atoms with Crippen LogP contribution in [0.2, 0.25) is 0 Å². The summed E-state index contributed by atoms with van der Waals surface area (Å²) in [5, 5.41) is 0. The van der Waals surface area contributed by atoms with Crippen LogP contribution in [0.25, 0.3) is 0 Å². The normalized spacial score (nSPS) is 17.4. The van der Waals surface area contributed by atoms with Crippen LogP contribution in [0.5, 0.6) is 0 Å². The van der Waals surface area contributed by atoms with E-state index < -0.39 is 0 Å². The minimum atomic E-state index is -0.0719. The van der Waals surface area contributed by atoms with Gasteiger partial charge in [-0.1, -0.05) is 103 Å². The van der Waals surface area contributed by atoms with Crippen LogP contribution in [0, 0.1) is 11.8 Å². The molecule has 0 amide bonds. The van der Waals surface area contributed by atoms with Gasteiger partial charge in [0.1, 0.15) is 6.10 Å². The summed E-state index contributed by atoms with van der Waals surface area (Å²) in [6.45, 7) is 3.20. The van der Waals surface area contributed by atoms with Gasteiger partial charge in [-0.15, -0.1) is 0 Å². The molecule has 0 spiro atoms. The van der Waals surface area contributed by atoms with Gasteiger partial charge in [0.05, 0.1) is 7.11 Å². The molecule has 1 rings (SSSR count). The van der Waals surface area contributed by atoms with Crippen molar-refractivity contribution in [2.75, 3.05) is 27.7 Å². The summed E-state index contributed by atoms with van der Waals surface area (Å²) in [6.07, 6.45) is 28.9. The lowest BCUT2D eigenvalue weighted by Crippen LogP contribution is -2.20. The molecule has 0 aromatic heterocycles. The van der Waals surface area contributed by atoms with E-state index in [1.54, 1.807) is 0 Å². The summed E-state index contributed by atoms with van der Waals surface area (Å²) in [6, 6.07) is 0. The van der Waals surface area contributed by atoms with Gasteiger partial charge in [0.2, 0.25) is 0 Å². The Hall–Kier alpha value is -1.10. The minimum Gasteiger partial charge on any atom is -0.469 e. The van der Waals surface area contributed by atoms with Crippen molar-refractivity contribution < 1.29 is 19.1 Å². The molecule has 0 aromatic carbocycles. The molecular weight excluding hydrogens is 486 g/mol. The maximum Gasteiger partial charge on any atom is 0.306 e. The SMILES string of the molecule is CCCCCCCC(CCCCCCCCC1CC1CCCCCCCC(=O)OC)OC(=O)CCCN(C)C. The molecule has 0 aliphatic heterocycles. The van der Waals surface area contributed by atoms with Gasteiger partial charge in [-0.2, -0.15) is 0 Å². The lowest BCUT2D eigenvalue weighted by molar-refractivity contribution is -0.150. The van der Waals surface area contributed by atoms with Gasteiger partial charge >= 0.3 is 11.9 Å². The van der Waals surface area contributed by atoms with Gasteiger partial charge in [0.15, 0.2) is 0 Å². The number of unbranched alkanes of at least 4 members (excludes halogenated alkanes) is 13. The van der Waals surface area contributed by atoms with E-state index in [2.05, 4.69) is 25.9 Å². The Morgan fingerprint density at radius 2 is 1.15 bits per heavy atom. The van der Waals surface area contributed by atoms with Crippen molar-refractivity contribution in [1.29, 1.82) is 0 Å². The molecule has 1 aliphatic carbocycles. The van der Waals surface area contributed by atoms with Crippen LogP contribution in [0.15, 0.2) is 0 Å². The molecule has 5 heteroatoms. The summed E-state index contributed by atoms with van der Waals surface area (Å²) < 4.78 is 10.6. The monoisotopic (exact) mass is 551 g/mol. The first-order valence-corrected chi connectivity index (χ1v) is 16.9. The number of methoxy groups -OCH3 is 1. The van der Waals surface area contributed by atoms with Crippen LogP contribution in [0.3, 0.4) is 0 Å². The molecule has 5 nitrogen and oxygen atoms in total. The number of nitrogens with zero attached hydrogens (tertiary/aromatic N) is 1. The summed E-state index contributed by atoms with van der Waals surface area (Å²) in [5.74, 6) is 1.95. The zero-order chi connectivity index (χ0) is 28.6. The molecule has 3 unspecified atom stereocenters. The topological polar surface area (TPSA) is 55.8 Å². The van der Waals surface area contributed by atoms with Crippen LogP contribution < -0.4 is 0 Å². The third-order valence-corrected chi connectivity index (χ3v) is 8.52. The highest BCUT2D eigenvalue weighted by Gasteiger charge is 2.35. The molecule has 0 saturated heterocycles. The largest absolute Gasteiger partial charge is 0.469 e. The van der Waals surface area contributed by atoms with E-state index in [1.165, 1.54) is 116 Å². The first kappa shape index (κ1) is 35.9. The van der Waals surface area contributed by atoms with Crippen molar-refractivity contribution in [3.05, 3.63) is 0 Å². The number of rotatable bonds is 28. The minimum absolute atomic E-state index is 0.00410. The molecular formula is C34H65NO4. The fourth-order valence-electron chi connectivity index (χ4n) is 5.83. The second-order valence-electron chi connectivity index (χ2n) is 12.6. The van der Waals surface area contributed by atoms with E-state index in [9.17, 15) is 9.59 Å². The molecule has 0 heterocycles. The lowest BCUT2D eigenvalue weighted by Gasteiger charge is -2.18. The van der Waals surface area contributed by atoms with E-state index in [-0.39, 0.29) is 18.0 Å². The van der Waals surface area contributed by atoms with Crippen molar-refractivity contribution in [3.8, 4) is 0 Å². The van der Waals surface area contributed by atoms with Gasteiger partial charge in [-0.05, 0) is 77.4 Å². The molecule has 0 radical (unpaired) electrons. The second-order valence-corrected chi connectivity index (χ2v) is 12.6. The quantitative estimate of drug-likeness (QED) is 0.0716. The fourth-order valence-corrected chi connectivity index (χ4v) is 5.83. The highest BCUT2D eigenvalue weighted by molar-refractivity contribution is 5.69. The van der Waals surface area contributed by atoms with E-state index in [0.29, 0.717) is 12.8 Å². The van der Waals surface area contributed by atoms with Gasteiger partial charge in [-0.3, -0.25) is 9.59 Å². The third-order valence-electron chi connectivity index (χ3n) is 8.52. The zero-order valence-corrected chi connectivity index (χ0v) is 26.5. The van der Waals surface area contributed by atoms with Gasteiger partial charge in [0.25, 0.3) is 0 Å². The van der Waals surface area contributed by atoms with E-state index in [4.69, 9.17) is 9.47 Å². The Kier molecular flexibility index (Phi) is 22.7. The molecule has 1 saturated carbocycles. The Morgan fingerprint density at radius 1 is 0.667 bits per heavy atom. The average Bonchev–Trinajstić information content (AvgIpc) is 3.66. The van der Waals surface area contributed by atoms with E-state index in [0.717, 1.165) is 50.5 Å². The number of ether oxygens (including phenoxy) is 2. The smallest absolute Gasteiger partial charge is 0.306 e. The number of hydrogen-bond acceptors (Lipinski definition) is 5. The lowest BCUT2D eigenvalue weighted by atomic mass is 10.0. The highest BCUT2D eigenvalue weighted by Crippen LogP contribution is 2.45. The summed E-state index contributed by atoms with van der Waals surface area (Å²) in [5.41, 5.74) is 0. The molecule has 3 atom stereocenters. The number of esters is 2. The predicted molar refractivity (Wildman–Crippen MR) is 164 cm³/mol. The molecule has 0 bridgehead atoms. The molecule has 0 N–H and O–H groups in total. The number of hydrogen-bond donors (Lipinski definition) is 0. The maximum absolute atomic E-state index is 12.3. The van der Waals surface area contributed by atoms with Gasteiger partial charge in [0, 0.05) is 12.8 Å². The summed E-state index contributed by atoms with van der Waals surface area (Å²) in [7, 11) is 5.57. The fraction of sp³-hybridized carbons (Fsp3) is 0.941. The molecule has 1 aliphatic rings. The third kappa shape index (κ3) is 22.3. The average molecular weight is 552 g/mol. The number of carbonyl (C=O) groups excluding carboxylic acids is 2. The van der Waals surface area contributed by atoms with Crippen LogP contribution in [0.1, 0.15) is 161 Å². The van der Waals surface area contributed by atoms with Crippen LogP contribution in [-0.2, 0) is 19.1 Å². The number of carbonyl (C=O) groups is 2. The Morgan fingerprint density at radius 3 is 1.69 bits per heavy atom. The summed E-state index contributed by atoms with van der Waals surface area (Å²) >= 11 is 0. The maximum atomic E-state index is 12.3. The van der Waals surface area contributed by atoms with Gasteiger partial charge in [-0.25, -0.2) is 0 Å². The van der Waals surface area contributed by atoms with Gasteiger partial charge < -0.3 is 14.4 Å². The zero-order valence-electron chi connectivity index (χ0n) is 26.5. The Labute approximate surface area is 242 Å². The van der Waals surface area contributed by atoms with Crippen molar-refractivity contribution in [2.24, 2.45) is 11.8 Å².